The minimum absolute atomic E-state index is 0.101. The van der Waals surface area contributed by atoms with Gasteiger partial charge in [-0.1, -0.05) is 18.2 Å². The number of aromatic nitrogens is 2. The Bertz CT molecular complexity index is 1010. The zero-order valence-electron chi connectivity index (χ0n) is 13.4. The lowest BCUT2D eigenvalue weighted by Gasteiger charge is -2.07. The van der Waals surface area contributed by atoms with Crippen molar-refractivity contribution in [3.63, 3.8) is 0 Å². The van der Waals surface area contributed by atoms with Gasteiger partial charge in [0.1, 0.15) is 0 Å². The number of nitrogens with one attached hydrogen (secondary N) is 1. The number of nitrogens with zero attached hydrogens (tertiary/aromatic N) is 2. The van der Waals surface area contributed by atoms with Crippen molar-refractivity contribution in [3.05, 3.63) is 59.9 Å². The van der Waals surface area contributed by atoms with Crippen molar-refractivity contribution in [1.82, 2.24) is 14.3 Å². The molecule has 3 rings (SSSR count). The number of benzene rings is 2. The van der Waals surface area contributed by atoms with E-state index in [1.54, 1.807) is 6.33 Å². The zero-order chi connectivity index (χ0) is 17.3. The SMILES string of the molecule is CC(=O)c1ccc(S(=O)(=O)NCc2ccc3c(c2)ncn3C)cc1. The summed E-state index contributed by atoms with van der Waals surface area (Å²) < 4.78 is 29.1. The third-order valence-corrected chi connectivity index (χ3v) is 5.24. The van der Waals surface area contributed by atoms with Gasteiger partial charge in [-0.3, -0.25) is 4.79 Å². The van der Waals surface area contributed by atoms with E-state index in [0.717, 1.165) is 16.6 Å². The predicted molar refractivity (Wildman–Crippen MR) is 91.2 cm³/mol. The summed E-state index contributed by atoms with van der Waals surface area (Å²) in [5, 5.41) is 0. The van der Waals surface area contributed by atoms with Gasteiger partial charge in [0.15, 0.2) is 5.78 Å². The standard InChI is InChI=1S/C17H17N3O3S/c1-12(21)14-4-6-15(7-5-14)24(22,23)19-10-13-3-8-17-16(9-13)18-11-20(17)2/h3-9,11,19H,10H2,1-2H3. The molecule has 0 aliphatic rings. The largest absolute Gasteiger partial charge is 0.334 e. The fourth-order valence-electron chi connectivity index (χ4n) is 2.42. The fraction of sp³-hybridized carbons (Fsp3) is 0.176. The van der Waals surface area contributed by atoms with Crippen molar-refractivity contribution in [2.75, 3.05) is 0 Å². The molecule has 1 N–H and O–H groups in total. The Hall–Kier alpha value is -2.51. The zero-order valence-corrected chi connectivity index (χ0v) is 14.2. The van der Waals surface area contributed by atoms with Crippen LogP contribution in [0.5, 0.6) is 0 Å². The van der Waals surface area contributed by atoms with Crippen LogP contribution in [-0.2, 0) is 23.6 Å². The second-order valence-corrected chi connectivity index (χ2v) is 7.35. The highest BCUT2D eigenvalue weighted by molar-refractivity contribution is 7.89. The monoisotopic (exact) mass is 343 g/mol. The Morgan fingerprint density at radius 2 is 1.88 bits per heavy atom. The lowest BCUT2D eigenvalue weighted by molar-refractivity contribution is 0.101. The molecule has 0 aliphatic carbocycles. The fourth-order valence-corrected chi connectivity index (χ4v) is 3.44. The van der Waals surface area contributed by atoms with Crippen LogP contribution in [0.1, 0.15) is 22.8 Å². The number of carbonyl (C=O) groups excluding carboxylic acids is 1. The molecule has 0 radical (unpaired) electrons. The summed E-state index contributed by atoms with van der Waals surface area (Å²) in [5.41, 5.74) is 3.11. The van der Waals surface area contributed by atoms with Gasteiger partial charge in [0, 0.05) is 19.2 Å². The third-order valence-electron chi connectivity index (χ3n) is 3.83. The molecule has 0 aliphatic heterocycles. The number of hydrogen-bond acceptors (Lipinski definition) is 4. The highest BCUT2D eigenvalue weighted by atomic mass is 32.2. The molecule has 0 saturated carbocycles. The van der Waals surface area contributed by atoms with Gasteiger partial charge in [-0.25, -0.2) is 18.1 Å². The number of Topliss-reactive ketones (excluding diaryl/α,β-unsaturated/α-hetero) is 1. The molecule has 0 amide bonds. The van der Waals surface area contributed by atoms with Crippen molar-refractivity contribution in [1.29, 1.82) is 0 Å². The topological polar surface area (TPSA) is 81.1 Å². The number of sulfonamides is 1. The number of rotatable bonds is 5. The van der Waals surface area contributed by atoms with Crippen LogP contribution in [0.3, 0.4) is 0 Å². The first-order chi connectivity index (χ1) is 11.4. The number of hydrogen-bond donors (Lipinski definition) is 1. The average molecular weight is 343 g/mol. The molecule has 1 heterocycles. The lowest BCUT2D eigenvalue weighted by atomic mass is 10.2. The first-order valence-corrected chi connectivity index (χ1v) is 8.86. The van der Waals surface area contributed by atoms with Gasteiger partial charge in [-0.2, -0.15) is 0 Å². The maximum absolute atomic E-state index is 12.3. The Morgan fingerprint density at radius 3 is 2.54 bits per heavy atom. The summed E-state index contributed by atoms with van der Waals surface area (Å²) in [4.78, 5) is 15.6. The van der Waals surface area contributed by atoms with Crippen LogP contribution in [0.15, 0.2) is 53.7 Å². The molecule has 24 heavy (non-hydrogen) atoms. The van der Waals surface area contributed by atoms with Crippen molar-refractivity contribution < 1.29 is 13.2 Å². The van der Waals surface area contributed by atoms with E-state index in [4.69, 9.17) is 0 Å². The highest BCUT2D eigenvalue weighted by Gasteiger charge is 2.14. The molecule has 0 spiro atoms. The van der Waals surface area contributed by atoms with Gasteiger partial charge < -0.3 is 4.57 Å². The van der Waals surface area contributed by atoms with Crippen molar-refractivity contribution in [2.24, 2.45) is 7.05 Å². The second kappa shape index (κ2) is 6.18. The summed E-state index contributed by atoms with van der Waals surface area (Å²) in [6.45, 7) is 1.61. The third kappa shape index (κ3) is 3.22. The van der Waals surface area contributed by atoms with Gasteiger partial charge in [-0.05, 0) is 36.8 Å². The maximum atomic E-state index is 12.3. The molecule has 0 saturated heterocycles. The van der Waals surface area contributed by atoms with E-state index in [0.29, 0.717) is 5.56 Å². The van der Waals surface area contributed by atoms with Gasteiger partial charge in [0.05, 0.1) is 22.3 Å². The van der Waals surface area contributed by atoms with Crippen LogP contribution < -0.4 is 4.72 Å². The van der Waals surface area contributed by atoms with Gasteiger partial charge in [0.25, 0.3) is 0 Å². The molecular formula is C17H17N3O3S. The first-order valence-electron chi connectivity index (χ1n) is 7.37. The predicted octanol–water partition coefficient (Wildman–Crippen LogP) is 2.25. The number of aryl methyl sites for hydroxylation is 1. The molecule has 6 nitrogen and oxygen atoms in total. The normalized spacial score (nSPS) is 11.8. The summed E-state index contributed by atoms with van der Waals surface area (Å²) in [5.74, 6) is -0.101. The van der Waals surface area contributed by atoms with Gasteiger partial charge in [-0.15, -0.1) is 0 Å². The smallest absolute Gasteiger partial charge is 0.240 e. The second-order valence-electron chi connectivity index (χ2n) is 5.58. The van der Waals surface area contributed by atoms with E-state index in [1.165, 1.54) is 31.2 Å². The molecule has 0 bridgehead atoms. The Labute approximate surface area is 140 Å². The summed E-state index contributed by atoms with van der Waals surface area (Å²) in [7, 11) is -1.73. The molecule has 1 aromatic heterocycles. The quantitative estimate of drug-likeness (QED) is 0.721. The minimum atomic E-state index is -3.64. The molecule has 2 aromatic carbocycles. The molecule has 0 unspecified atom stereocenters. The van der Waals surface area contributed by atoms with Crippen LogP contribution in [0.2, 0.25) is 0 Å². The molecule has 7 heteroatoms. The minimum Gasteiger partial charge on any atom is -0.334 e. The number of fused-ring (bicyclic) bond motifs is 1. The van der Waals surface area contributed by atoms with E-state index in [1.807, 2.05) is 29.8 Å². The van der Waals surface area contributed by atoms with Crippen molar-refractivity contribution in [2.45, 2.75) is 18.4 Å². The average Bonchev–Trinajstić information content (AvgIpc) is 2.94. The van der Waals surface area contributed by atoms with E-state index < -0.39 is 10.0 Å². The summed E-state index contributed by atoms with van der Waals surface area (Å²) >= 11 is 0. The molecule has 0 atom stereocenters. The highest BCUT2D eigenvalue weighted by Crippen LogP contribution is 2.15. The number of imidazole rings is 1. The Morgan fingerprint density at radius 1 is 1.17 bits per heavy atom. The van der Waals surface area contributed by atoms with Crippen molar-refractivity contribution in [3.8, 4) is 0 Å². The Kier molecular flexibility index (Phi) is 4.21. The number of carbonyl (C=O) groups is 1. The van der Waals surface area contributed by atoms with Crippen LogP contribution in [0, 0.1) is 0 Å². The van der Waals surface area contributed by atoms with Gasteiger partial charge >= 0.3 is 0 Å². The van der Waals surface area contributed by atoms with Crippen LogP contribution in [-0.4, -0.2) is 23.8 Å². The molecule has 0 fully saturated rings. The molecule has 124 valence electrons. The summed E-state index contributed by atoms with van der Waals surface area (Å²) in [6, 6.07) is 11.5. The van der Waals surface area contributed by atoms with E-state index in [2.05, 4.69) is 9.71 Å². The van der Waals surface area contributed by atoms with Gasteiger partial charge in [0.2, 0.25) is 10.0 Å². The molecular weight excluding hydrogens is 326 g/mol. The Balaban J connectivity index is 1.77. The van der Waals surface area contributed by atoms with E-state index in [9.17, 15) is 13.2 Å². The first kappa shape index (κ1) is 16.4. The van der Waals surface area contributed by atoms with Crippen LogP contribution >= 0.6 is 0 Å². The van der Waals surface area contributed by atoms with E-state index in [-0.39, 0.29) is 17.2 Å². The lowest BCUT2D eigenvalue weighted by Crippen LogP contribution is -2.23. The summed E-state index contributed by atoms with van der Waals surface area (Å²) in [6.07, 6.45) is 1.72. The van der Waals surface area contributed by atoms with Crippen LogP contribution in [0.4, 0.5) is 0 Å². The van der Waals surface area contributed by atoms with Crippen LogP contribution in [0.25, 0.3) is 11.0 Å². The van der Waals surface area contributed by atoms with E-state index >= 15 is 0 Å². The molecule has 3 aromatic rings. The maximum Gasteiger partial charge on any atom is 0.240 e. The number of ketones is 1. The van der Waals surface area contributed by atoms with Crippen molar-refractivity contribution >= 4 is 26.8 Å².